The number of rotatable bonds is 5. The van der Waals surface area contributed by atoms with Crippen molar-refractivity contribution in [3.8, 4) is 23.7 Å². The van der Waals surface area contributed by atoms with Crippen LogP contribution in [0, 0.1) is 23.7 Å². The largest absolute Gasteiger partial charge is 0.456 e. The summed E-state index contributed by atoms with van der Waals surface area (Å²) in [6, 6.07) is 3.60. The normalized spacial score (nSPS) is 8.35. The molecule has 126 valence electrons. The van der Waals surface area contributed by atoms with Gasteiger partial charge in [-0.2, -0.15) is 0 Å². The number of unbranched alkanes of at least 4 members (excludes halogenated alkanes) is 3. The fourth-order valence-electron chi connectivity index (χ4n) is 1.17. The second kappa shape index (κ2) is 22.0. The predicted octanol–water partition coefficient (Wildman–Crippen LogP) is 3.87. The van der Waals surface area contributed by atoms with Gasteiger partial charge in [0.1, 0.15) is 6.29 Å². The molecule has 0 radical (unpaired) electrons. The summed E-state index contributed by atoms with van der Waals surface area (Å²) in [6.07, 6.45) is 11.6. The lowest BCUT2D eigenvalue weighted by molar-refractivity contribution is -0.107. The van der Waals surface area contributed by atoms with E-state index in [0.29, 0.717) is 5.76 Å². The summed E-state index contributed by atoms with van der Waals surface area (Å²) in [6.45, 7) is 4.19. The van der Waals surface area contributed by atoms with Crippen molar-refractivity contribution < 1.29 is 14.0 Å². The summed E-state index contributed by atoms with van der Waals surface area (Å²) in [4.78, 5) is 13.4. The van der Waals surface area contributed by atoms with E-state index in [2.05, 4.69) is 48.3 Å². The van der Waals surface area contributed by atoms with E-state index in [9.17, 15) is 4.79 Å². The van der Waals surface area contributed by atoms with Crippen LogP contribution in [-0.4, -0.2) is 13.4 Å². The van der Waals surface area contributed by atoms with Crippen LogP contribution in [-0.2, 0) is 9.63 Å². The van der Waals surface area contributed by atoms with E-state index < -0.39 is 0 Å². The molecule has 0 amide bonds. The van der Waals surface area contributed by atoms with Crippen molar-refractivity contribution in [2.75, 3.05) is 7.11 Å². The van der Waals surface area contributed by atoms with Gasteiger partial charge in [0.05, 0.1) is 13.4 Å². The third-order valence-electron chi connectivity index (χ3n) is 2.20. The Labute approximate surface area is 140 Å². The quantitative estimate of drug-likeness (QED) is 0.387. The number of allylic oxidation sites excluding steroid dienone is 2. The molecule has 0 bridgehead atoms. The van der Waals surface area contributed by atoms with Gasteiger partial charge in [0.15, 0.2) is 5.76 Å². The van der Waals surface area contributed by atoms with Gasteiger partial charge in [-0.3, -0.25) is 0 Å². The molecule has 0 aliphatic carbocycles. The van der Waals surface area contributed by atoms with E-state index in [0.717, 1.165) is 25.5 Å². The van der Waals surface area contributed by atoms with E-state index in [1.807, 2.05) is 6.08 Å². The monoisotopic (exact) mass is 317 g/mol. The van der Waals surface area contributed by atoms with Crippen LogP contribution in [0.15, 0.2) is 35.0 Å². The molecule has 23 heavy (non-hydrogen) atoms. The molecule has 1 aromatic rings. The molecule has 0 aliphatic heterocycles. The van der Waals surface area contributed by atoms with E-state index in [-0.39, 0.29) is 0 Å². The SMILES string of the molecule is CC/C=C\C#CC#Cc1ccco1.CCCCCC=O.CON. The second-order valence-corrected chi connectivity index (χ2v) is 4.21. The number of hydrogen-bond donors (Lipinski definition) is 1. The van der Waals surface area contributed by atoms with Gasteiger partial charge in [0.25, 0.3) is 0 Å². The highest BCUT2D eigenvalue weighted by Gasteiger charge is 1.83. The summed E-state index contributed by atoms with van der Waals surface area (Å²) in [7, 11) is 1.40. The van der Waals surface area contributed by atoms with Crippen LogP contribution in [0.25, 0.3) is 0 Å². The minimum absolute atomic E-state index is 0.647. The summed E-state index contributed by atoms with van der Waals surface area (Å²) >= 11 is 0. The summed E-state index contributed by atoms with van der Waals surface area (Å²) < 4.78 is 5.00. The minimum atomic E-state index is 0.647. The molecule has 1 rings (SSSR count). The van der Waals surface area contributed by atoms with E-state index in [4.69, 9.17) is 4.42 Å². The number of hydrogen-bond acceptors (Lipinski definition) is 4. The van der Waals surface area contributed by atoms with Gasteiger partial charge in [-0.1, -0.05) is 38.7 Å². The molecule has 0 aromatic carbocycles. The zero-order valence-corrected chi connectivity index (χ0v) is 14.3. The van der Waals surface area contributed by atoms with Gasteiger partial charge < -0.3 is 14.0 Å². The van der Waals surface area contributed by atoms with Crippen molar-refractivity contribution in [3.05, 3.63) is 36.3 Å². The van der Waals surface area contributed by atoms with Crippen molar-refractivity contribution in [1.82, 2.24) is 0 Å². The van der Waals surface area contributed by atoms with Gasteiger partial charge in [-0.25, -0.2) is 5.90 Å². The Morgan fingerprint density at radius 2 is 2.04 bits per heavy atom. The molecule has 4 heteroatoms. The standard InChI is InChI=1S/C12H10O.C6H12O.CH5NO/c1-2-3-4-5-6-7-9-12-10-8-11-13-12;1-2-3-4-5-6-7;1-3-2/h3-4,8,10-11H,2H2,1H3;6H,2-5H2,1H3;2H2,1H3/b4-3-;;. The minimum Gasteiger partial charge on any atom is -0.456 e. The lowest BCUT2D eigenvalue weighted by Crippen LogP contribution is -1.86. The number of aldehydes is 1. The lowest BCUT2D eigenvalue weighted by Gasteiger charge is -1.85. The maximum Gasteiger partial charge on any atom is 0.177 e. The fraction of sp³-hybridized carbons (Fsp3) is 0.421. The second-order valence-electron chi connectivity index (χ2n) is 4.21. The Morgan fingerprint density at radius 3 is 2.57 bits per heavy atom. The van der Waals surface area contributed by atoms with E-state index >= 15 is 0 Å². The summed E-state index contributed by atoms with van der Waals surface area (Å²) in [5.41, 5.74) is 0. The molecule has 1 heterocycles. The maximum absolute atomic E-state index is 9.68. The van der Waals surface area contributed by atoms with Gasteiger partial charge in [0, 0.05) is 6.42 Å². The van der Waals surface area contributed by atoms with Gasteiger partial charge in [0.2, 0.25) is 0 Å². The first-order valence-corrected chi connectivity index (χ1v) is 7.63. The number of carbonyl (C=O) groups is 1. The van der Waals surface area contributed by atoms with Crippen LogP contribution in [0.3, 0.4) is 0 Å². The van der Waals surface area contributed by atoms with Gasteiger partial charge in [-0.05, 0) is 48.8 Å². The Hall–Kier alpha value is -2.27. The fourth-order valence-corrected chi connectivity index (χ4v) is 1.17. The van der Waals surface area contributed by atoms with Gasteiger partial charge in [-0.15, -0.1) is 0 Å². The van der Waals surface area contributed by atoms with Gasteiger partial charge >= 0.3 is 0 Å². The molecular formula is C19H27NO3. The topological polar surface area (TPSA) is 65.5 Å². The highest BCUT2D eigenvalue weighted by molar-refractivity contribution is 5.48. The third kappa shape index (κ3) is 22.2. The highest BCUT2D eigenvalue weighted by atomic mass is 16.6. The molecule has 0 unspecified atom stereocenters. The summed E-state index contributed by atoms with van der Waals surface area (Å²) in [5.74, 6) is 16.0. The molecule has 4 nitrogen and oxygen atoms in total. The first-order valence-electron chi connectivity index (χ1n) is 7.63. The number of furan rings is 1. The van der Waals surface area contributed by atoms with Crippen LogP contribution < -0.4 is 5.90 Å². The Kier molecular flexibility index (Phi) is 22.0. The molecule has 0 atom stereocenters. The molecular weight excluding hydrogens is 290 g/mol. The third-order valence-corrected chi connectivity index (χ3v) is 2.20. The molecule has 0 aliphatic rings. The Bertz CT molecular complexity index is 496. The van der Waals surface area contributed by atoms with Crippen molar-refractivity contribution in [1.29, 1.82) is 0 Å². The van der Waals surface area contributed by atoms with Crippen molar-refractivity contribution in [2.24, 2.45) is 5.90 Å². The zero-order chi connectivity index (χ0) is 17.6. The Balaban J connectivity index is 0. The lowest BCUT2D eigenvalue weighted by atomic mass is 10.2. The first-order chi connectivity index (χ1) is 11.3. The predicted molar refractivity (Wildman–Crippen MR) is 94.2 cm³/mol. The van der Waals surface area contributed by atoms with Crippen LogP contribution in [0.1, 0.15) is 51.7 Å². The Morgan fingerprint density at radius 1 is 1.30 bits per heavy atom. The van der Waals surface area contributed by atoms with Crippen LogP contribution in [0.4, 0.5) is 0 Å². The van der Waals surface area contributed by atoms with Crippen LogP contribution >= 0.6 is 0 Å². The first kappa shape index (κ1) is 23.0. The average molecular weight is 317 g/mol. The number of nitrogens with two attached hydrogens (primary N) is 1. The zero-order valence-electron chi connectivity index (χ0n) is 14.3. The smallest absolute Gasteiger partial charge is 0.177 e. The average Bonchev–Trinajstić information content (AvgIpc) is 3.06. The molecule has 0 saturated heterocycles. The molecule has 0 saturated carbocycles. The van der Waals surface area contributed by atoms with Crippen molar-refractivity contribution >= 4 is 6.29 Å². The molecule has 2 N–H and O–H groups in total. The van der Waals surface area contributed by atoms with Crippen molar-refractivity contribution in [3.63, 3.8) is 0 Å². The van der Waals surface area contributed by atoms with Crippen molar-refractivity contribution in [2.45, 2.75) is 46.0 Å². The number of carbonyl (C=O) groups excluding carboxylic acids is 1. The molecule has 1 aromatic heterocycles. The molecule has 0 spiro atoms. The van der Waals surface area contributed by atoms with Crippen LogP contribution in [0.5, 0.6) is 0 Å². The van der Waals surface area contributed by atoms with E-state index in [1.165, 1.54) is 20.0 Å². The highest BCUT2D eigenvalue weighted by Crippen LogP contribution is 1.95. The van der Waals surface area contributed by atoms with E-state index in [1.54, 1.807) is 24.5 Å². The maximum atomic E-state index is 9.68. The summed E-state index contributed by atoms with van der Waals surface area (Å²) in [5, 5.41) is 0. The van der Waals surface area contributed by atoms with Crippen LogP contribution in [0.2, 0.25) is 0 Å². The molecule has 0 fully saturated rings.